The molecule has 0 atom stereocenters. The van der Waals surface area contributed by atoms with Crippen LogP contribution in [0.2, 0.25) is 0 Å². The summed E-state index contributed by atoms with van der Waals surface area (Å²) in [5, 5.41) is 0. The maximum Gasteiger partial charge on any atom is 0.246 e. The van der Waals surface area contributed by atoms with Gasteiger partial charge in [0.2, 0.25) is 12.7 Å². The van der Waals surface area contributed by atoms with E-state index in [2.05, 4.69) is 11.0 Å². The van der Waals surface area contributed by atoms with Crippen molar-refractivity contribution in [2.75, 3.05) is 45.0 Å². The van der Waals surface area contributed by atoms with Crippen molar-refractivity contribution in [3.05, 3.63) is 54.1 Å². The third-order valence-corrected chi connectivity index (χ3v) is 4.83. The molecule has 1 fully saturated rings. The maximum atomic E-state index is 12.5. The van der Waals surface area contributed by atoms with Crippen LogP contribution < -0.4 is 19.1 Å². The second-order valence-corrected chi connectivity index (χ2v) is 6.43. The molecule has 0 radical (unpaired) electrons. The van der Waals surface area contributed by atoms with Gasteiger partial charge in [-0.15, -0.1) is 0 Å². The van der Waals surface area contributed by atoms with Crippen molar-refractivity contribution < 1.29 is 19.0 Å². The third-order valence-electron chi connectivity index (χ3n) is 4.83. The van der Waals surface area contributed by atoms with Crippen LogP contribution in [0.5, 0.6) is 17.2 Å². The molecule has 0 N–H and O–H groups in total. The van der Waals surface area contributed by atoms with E-state index < -0.39 is 0 Å². The average molecular weight is 366 g/mol. The Bertz CT molecular complexity index is 857. The van der Waals surface area contributed by atoms with Gasteiger partial charge in [0, 0.05) is 32.3 Å². The van der Waals surface area contributed by atoms with Gasteiger partial charge in [-0.3, -0.25) is 4.79 Å². The van der Waals surface area contributed by atoms with Gasteiger partial charge in [0.15, 0.2) is 11.5 Å². The van der Waals surface area contributed by atoms with Crippen LogP contribution in [0.4, 0.5) is 5.69 Å². The number of piperazine rings is 1. The van der Waals surface area contributed by atoms with Crippen molar-refractivity contribution in [3.63, 3.8) is 0 Å². The number of benzene rings is 2. The monoisotopic (exact) mass is 366 g/mol. The largest absolute Gasteiger partial charge is 0.495 e. The maximum absolute atomic E-state index is 12.5. The van der Waals surface area contributed by atoms with E-state index in [1.165, 1.54) is 0 Å². The van der Waals surface area contributed by atoms with Crippen molar-refractivity contribution in [3.8, 4) is 17.2 Å². The highest BCUT2D eigenvalue weighted by Gasteiger charge is 2.21. The Kier molecular flexibility index (Phi) is 4.87. The summed E-state index contributed by atoms with van der Waals surface area (Å²) in [5.41, 5.74) is 1.99. The lowest BCUT2D eigenvalue weighted by atomic mass is 10.2. The molecule has 27 heavy (non-hydrogen) atoms. The van der Waals surface area contributed by atoms with Crippen molar-refractivity contribution in [2.24, 2.45) is 0 Å². The van der Waals surface area contributed by atoms with Gasteiger partial charge in [-0.1, -0.05) is 18.2 Å². The molecule has 0 aromatic heterocycles. The highest BCUT2D eigenvalue weighted by atomic mass is 16.7. The summed E-state index contributed by atoms with van der Waals surface area (Å²) in [6, 6.07) is 13.6. The molecule has 1 saturated heterocycles. The fraction of sp³-hybridized carbons (Fsp3) is 0.286. The molecule has 2 aliphatic heterocycles. The van der Waals surface area contributed by atoms with Gasteiger partial charge < -0.3 is 24.0 Å². The van der Waals surface area contributed by atoms with Crippen LogP contribution in [0, 0.1) is 0 Å². The summed E-state index contributed by atoms with van der Waals surface area (Å²) < 4.78 is 16.1. The number of nitrogens with zero attached hydrogens (tertiary/aromatic N) is 2. The van der Waals surface area contributed by atoms with Crippen LogP contribution in [0.3, 0.4) is 0 Å². The van der Waals surface area contributed by atoms with Gasteiger partial charge >= 0.3 is 0 Å². The van der Waals surface area contributed by atoms with Crippen LogP contribution >= 0.6 is 0 Å². The fourth-order valence-corrected chi connectivity index (χ4v) is 3.35. The Morgan fingerprint density at radius 1 is 1.04 bits per heavy atom. The zero-order valence-electron chi connectivity index (χ0n) is 15.3. The van der Waals surface area contributed by atoms with Gasteiger partial charge in [0.05, 0.1) is 12.8 Å². The molecule has 1 amide bonds. The molecule has 4 rings (SSSR count). The molecule has 0 spiro atoms. The number of amides is 1. The van der Waals surface area contributed by atoms with Gasteiger partial charge in [0.25, 0.3) is 0 Å². The molecule has 140 valence electrons. The molecule has 0 aliphatic carbocycles. The minimum absolute atomic E-state index is 0.0207. The summed E-state index contributed by atoms with van der Waals surface area (Å²) in [5.74, 6) is 2.34. The lowest BCUT2D eigenvalue weighted by Gasteiger charge is -2.36. The Labute approximate surface area is 158 Å². The molecular weight excluding hydrogens is 344 g/mol. The van der Waals surface area contributed by atoms with E-state index in [4.69, 9.17) is 14.2 Å². The number of rotatable bonds is 4. The first-order valence-corrected chi connectivity index (χ1v) is 8.99. The van der Waals surface area contributed by atoms with Gasteiger partial charge in [-0.05, 0) is 35.9 Å². The van der Waals surface area contributed by atoms with Gasteiger partial charge in [-0.2, -0.15) is 0 Å². The topological polar surface area (TPSA) is 51.2 Å². The van der Waals surface area contributed by atoms with E-state index in [1.54, 1.807) is 13.2 Å². The van der Waals surface area contributed by atoms with E-state index in [0.29, 0.717) is 13.1 Å². The quantitative estimate of drug-likeness (QED) is 0.779. The Morgan fingerprint density at radius 2 is 1.81 bits per heavy atom. The van der Waals surface area contributed by atoms with Crippen LogP contribution in [0.1, 0.15) is 5.56 Å². The first kappa shape index (κ1) is 17.3. The fourth-order valence-electron chi connectivity index (χ4n) is 3.35. The van der Waals surface area contributed by atoms with E-state index in [-0.39, 0.29) is 12.7 Å². The smallest absolute Gasteiger partial charge is 0.246 e. The number of hydrogen-bond acceptors (Lipinski definition) is 5. The van der Waals surface area contributed by atoms with Crippen molar-refractivity contribution >= 4 is 17.7 Å². The van der Waals surface area contributed by atoms with E-state index >= 15 is 0 Å². The molecule has 6 heteroatoms. The number of methoxy groups -OCH3 is 1. The normalized spacial score (nSPS) is 16.0. The van der Waals surface area contributed by atoms with Crippen LogP contribution in [0.25, 0.3) is 6.08 Å². The summed E-state index contributed by atoms with van der Waals surface area (Å²) in [4.78, 5) is 16.6. The third kappa shape index (κ3) is 3.69. The molecule has 2 heterocycles. The first-order chi connectivity index (χ1) is 13.2. The summed E-state index contributed by atoms with van der Waals surface area (Å²) in [7, 11) is 1.68. The van der Waals surface area contributed by atoms with Crippen molar-refractivity contribution in [2.45, 2.75) is 0 Å². The Morgan fingerprint density at radius 3 is 2.63 bits per heavy atom. The molecule has 6 nitrogen and oxygen atoms in total. The number of ether oxygens (including phenoxy) is 3. The number of anilines is 1. The van der Waals surface area contributed by atoms with Crippen molar-refractivity contribution in [1.29, 1.82) is 0 Å². The minimum atomic E-state index is 0.0207. The predicted molar refractivity (Wildman–Crippen MR) is 103 cm³/mol. The summed E-state index contributed by atoms with van der Waals surface area (Å²) >= 11 is 0. The van der Waals surface area contributed by atoms with E-state index in [9.17, 15) is 4.79 Å². The SMILES string of the molecule is COc1ccccc1N1CCN(C(=O)C=Cc2ccc3c(c2)OCO3)CC1. The lowest BCUT2D eigenvalue weighted by molar-refractivity contribution is -0.126. The molecule has 2 aromatic rings. The van der Waals surface area contributed by atoms with Crippen LogP contribution in [0.15, 0.2) is 48.5 Å². The molecule has 0 unspecified atom stereocenters. The molecule has 2 aromatic carbocycles. The number of para-hydroxylation sites is 2. The Balaban J connectivity index is 1.36. The highest BCUT2D eigenvalue weighted by molar-refractivity contribution is 5.92. The van der Waals surface area contributed by atoms with E-state index in [1.807, 2.05) is 47.4 Å². The van der Waals surface area contributed by atoms with Gasteiger partial charge in [0.1, 0.15) is 5.75 Å². The molecule has 2 aliphatic rings. The second-order valence-electron chi connectivity index (χ2n) is 6.43. The first-order valence-electron chi connectivity index (χ1n) is 8.99. The minimum Gasteiger partial charge on any atom is -0.495 e. The van der Waals surface area contributed by atoms with Crippen LogP contribution in [-0.4, -0.2) is 50.9 Å². The highest BCUT2D eigenvalue weighted by Crippen LogP contribution is 2.33. The van der Waals surface area contributed by atoms with Gasteiger partial charge in [-0.25, -0.2) is 0 Å². The van der Waals surface area contributed by atoms with Crippen molar-refractivity contribution in [1.82, 2.24) is 4.90 Å². The number of fused-ring (bicyclic) bond motifs is 1. The lowest BCUT2D eigenvalue weighted by Crippen LogP contribution is -2.48. The van der Waals surface area contributed by atoms with E-state index in [0.717, 1.165) is 41.6 Å². The zero-order valence-corrected chi connectivity index (χ0v) is 15.3. The summed E-state index contributed by atoms with van der Waals surface area (Å²) in [6.45, 7) is 3.18. The molecular formula is C21H22N2O4. The predicted octanol–water partition coefficient (Wildman–Crippen LogP) is 2.79. The number of carbonyl (C=O) groups excluding carboxylic acids is 1. The standard InChI is InChI=1S/C21H22N2O4/c1-25-18-5-3-2-4-17(18)22-10-12-23(13-11-22)21(24)9-7-16-6-8-19-20(14-16)27-15-26-19/h2-9,14H,10-13,15H2,1H3. The zero-order chi connectivity index (χ0) is 18.6. The average Bonchev–Trinajstić information content (AvgIpc) is 3.20. The molecule has 0 saturated carbocycles. The number of carbonyl (C=O) groups is 1. The summed E-state index contributed by atoms with van der Waals surface area (Å²) in [6.07, 6.45) is 3.44. The molecule has 0 bridgehead atoms. The Hall–Kier alpha value is -3.15. The second kappa shape index (κ2) is 7.61. The number of hydrogen-bond donors (Lipinski definition) is 0. The van der Waals surface area contributed by atoms with Crippen LogP contribution in [-0.2, 0) is 4.79 Å².